The first-order valence-corrected chi connectivity index (χ1v) is 7.89. The molecule has 1 aromatic carbocycles. The first-order valence-electron chi connectivity index (χ1n) is 5.49. The molecule has 0 aliphatic rings. The van der Waals surface area contributed by atoms with E-state index < -0.39 is 0 Å². The van der Waals surface area contributed by atoms with Gasteiger partial charge in [-0.15, -0.1) is 11.3 Å². The number of thiophene rings is 1. The van der Waals surface area contributed by atoms with E-state index in [1.807, 2.05) is 30.3 Å². The maximum absolute atomic E-state index is 12.6. The number of nitrogens with zero attached hydrogens (tertiary/aromatic N) is 1. The lowest BCUT2D eigenvalue weighted by molar-refractivity contribution is 0.104. The van der Waals surface area contributed by atoms with Crippen LogP contribution in [0.3, 0.4) is 0 Å². The molecule has 0 fully saturated rings. The number of ketones is 1. The molecule has 0 aliphatic heterocycles. The average molecular weight is 397 g/mol. The molecule has 0 aliphatic carbocycles. The monoisotopic (exact) mass is 395 g/mol. The van der Waals surface area contributed by atoms with Gasteiger partial charge < -0.3 is 0 Å². The second kappa shape index (κ2) is 5.15. The fourth-order valence-electron chi connectivity index (χ4n) is 1.94. The number of fused-ring (bicyclic) bond motifs is 1. The van der Waals surface area contributed by atoms with E-state index in [4.69, 9.17) is 0 Å². The summed E-state index contributed by atoms with van der Waals surface area (Å²) in [7, 11) is 0. The molecular formula is C14H7Br2NOS. The van der Waals surface area contributed by atoms with Crippen molar-refractivity contribution >= 4 is 59.8 Å². The summed E-state index contributed by atoms with van der Waals surface area (Å²) in [5.41, 5.74) is 1.29. The minimum absolute atomic E-state index is 0.0156. The van der Waals surface area contributed by atoms with Gasteiger partial charge in [-0.3, -0.25) is 9.78 Å². The number of hydrogen-bond acceptors (Lipinski definition) is 3. The number of halogens is 2. The molecule has 0 N–H and O–H groups in total. The van der Waals surface area contributed by atoms with E-state index >= 15 is 0 Å². The second-order valence-electron chi connectivity index (χ2n) is 3.98. The van der Waals surface area contributed by atoms with Crippen molar-refractivity contribution in [3.63, 3.8) is 0 Å². The van der Waals surface area contributed by atoms with E-state index in [2.05, 4.69) is 36.8 Å². The summed E-state index contributed by atoms with van der Waals surface area (Å²) in [4.78, 5) is 16.8. The zero-order chi connectivity index (χ0) is 13.4. The lowest BCUT2D eigenvalue weighted by Gasteiger charge is -2.04. The topological polar surface area (TPSA) is 30.0 Å². The molecule has 0 spiro atoms. The smallest absolute Gasteiger partial charge is 0.197 e. The van der Waals surface area contributed by atoms with E-state index in [9.17, 15) is 4.79 Å². The number of benzene rings is 1. The van der Waals surface area contributed by atoms with Crippen LogP contribution in [0.2, 0.25) is 0 Å². The summed E-state index contributed by atoms with van der Waals surface area (Å²) in [5.74, 6) is -0.0156. The Morgan fingerprint density at radius 3 is 2.63 bits per heavy atom. The lowest BCUT2D eigenvalue weighted by atomic mass is 10.0. The summed E-state index contributed by atoms with van der Waals surface area (Å²) in [6.45, 7) is 0. The van der Waals surface area contributed by atoms with Crippen LogP contribution in [-0.4, -0.2) is 10.8 Å². The number of carbonyl (C=O) groups is 1. The molecule has 0 radical (unpaired) electrons. The number of hydrogen-bond donors (Lipinski definition) is 0. The molecule has 2 aromatic heterocycles. The van der Waals surface area contributed by atoms with Crippen molar-refractivity contribution in [1.82, 2.24) is 4.98 Å². The van der Waals surface area contributed by atoms with Crippen LogP contribution in [-0.2, 0) is 0 Å². The molecule has 2 heterocycles. The van der Waals surface area contributed by atoms with Gasteiger partial charge in [-0.25, -0.2) is 0 Å². The Hall–Kier alpha value is -1.04. The Morgan fingerprint density at radius 1 is 1.11 bits per heavy atom. The summed E-state index contributed by atoms with van der Waals surface area (Å²) in [6, 6.07) is 9.60. The Bertz CT molecular complexity index is 777. The molecule has 94 valence electrons. The molecule has 0 atom stereocenters. The first-order chi connectivity index (χ1) is 9.16. The normalized spacial score (nSPS) is 10.8. The van der Waals surface area contributed by atoms with Gasteiger partial charge in [0.1, 0.15) is 0 Å². The van der Waals surface area contributed by atoms with Crippen LogP contribution in [0.25, 0.3) is 10.8 Å². The third kappa shape index (κ3) is 2.38. The highest BCUT2D eigenvalue weighted by Gasteiger charge is 2.17. The van der Waals surface area contributed by atoms with Crippen LogP contribution >= 0.6 is 43.2 Å². The molecule has 2 nitrogen and oxygen atoms in total. The van der Waals surface area contributed by atoms with E-state index in [0.29, 0.717) is 11.1 Å². The minimum Gasteiger partial charge on any atom is -0.288 e. The van der Waals surface area contributed by atoms with E-state index in [-0.39, 0.29) is 5.78 Å². The van der Waals surface area contributed by atoms with Gasteiger partial charge in [0, 0.05) is 28.9 Å². The highest BCUT2D eigenvalue weighted by Crippen LogP contribution is 2.34. The summed E-state index contributed by atoms with van der Waals surface area (Å²) < 4.78 is 1.76. The third-order valence-electron chi connectivity index (χ3n) is 2.81. The van der Waals surface area contributed by atoms with Crippen molar-refractivity contribution in [2.24, 2.45) is 0 Å². The summed E-state index contributed by atoms with van der Waals surface area (Å²) in [5, 5.41) is 1.90. The fraction of sp³-hybridized carbons (Fsp3) is 0. The zero-order valence-electron chi connectivity index (χ0n) is 9.56. The summed E-state index contributed by atoms with van der Waals surface area (Å²) in [6.07, 6.45) is 3.40. The first kappa shape index (κ1) is 13.0. The predicted molar refractivity (Wildman–Crippen MR) is 84.9 cm³/mol. The van der Waals surface area contributed by atoms with Gasteiger partial charge in [0.05, 0.1) is 7.57 Å². The van der Waals surface area contributed by atoms with Gasteiger partial charge in [0.2, 0.25) is 0 Å². The van der Waals surface area contributed by atoms with E-state index in [1.165, 1.54) is 11.3 Å². The molecule has 0 saturated carbocycles. The van der Waals surface area contributed by atoms with E-state index in [1.54, 1.807) is 12.4 Å². The second-order valence-corrected chi connectivity index (χ2v) is 7.72. The highest BCUT2D eigenvalue weighted by atomic mass is 79.9. The number of carbonyl (C=O) groups excluding carboxylic acids is 1. The highest BCUT2D eigenvalue weighted by molar-refractivity contribution is 9.12. The van der Waals surface area contributed by atoms with Crippen molar-refractivity contribution in [2.45, 2.75) is 0 Å². The van der Waals surface area contributed by atoms with Gasteiger partial charge in [-0.2, -0.15) is 0 Å². The predicted octanol–water partition coefficient (Wildman–Crippen LogP) is 5.05. The SMILES string of the molecule is O=C(c1cc(Br)sc1Br)c1cncc2ccccc12. The molecule has 5 heteroatoms. The largest absolute Gasteiger partial charge is 0.288 e. The van der Waals surface area contributed by atoms with Crippen LogP contribution < -0.4 is 0 Å². The van der Waals surface area contributed by atoms with Crippen LogP contribution in [0, 0.1) is 0 Å². The van der Waals surface area contributed by atoms with Crippen molar-refractivity contribution in [2.75, 3.05) is 0 Å². The van der Waals surface area contributed by atoms with E-state index in [0.717, 1.165) is 18.3 Å². The molecule has 3 rings (SSSR count). The molecule has 0 unspecified atom stereocenters. The fourth-order valence-corrected chi connectivity index (χ4v) is 4.73. The van der Waals surface area contributed by atoms with Crippen molar-refractivity contribution < 1.29 is 4.79 Å². The van der Waals surface area contributed by atoms with Crippen molar-refractivity contribution in [3.8, 4) is 0 Å². The number of rotatable bonds is 2. The molecule has 0 saturated heterocycles. The standard InChI is InChI=1S/C14H7Br2NOS/c15-12-5-10(14(16)19-12)13(18)11-7-17-6-8-3-1-2-4-9(8)11/h1-7H. The Balaban J connectivity index is 2.19. The average Bonchev–Trinajstić information content (AvgIpc) is 2.76. The Kier molecular flexibility index (Phi) is 3.52. The molecule has 3 aromatic rings. The van der Waals surface area contributed by atoms with Crippen LogP contribution in [0.15, 0.2) is 50.3 Å². The van der Waals surface area contributed by atoms with Crippen LogP contribution in [0.5, 0.6) is 0 Å². The van der Waals surface area contributed by atoms with Gasteiger partial charge >= 0.3 is 0 Å². The number of pyridine rings is 1. The molecule has 19 heavy (non-hydrogen) atoms. The number of aromatic nitrogens is 1. The minimum atomic E-state index is -0.0156. The van der Waals surface area contributed by atoms with Crippen LogP contribution in [0.4, 0.5) is 0 Å². The third-order valence-corrected chi connectivity index (χ3v) is 5.15. The molecular weight excluding hydrogens is 390 g/mol. The maximum atomic E-state index is 12.6. The Labute approximate surface area is 130 Å². The summed E-state index contributed by atoms with van der Waals surface area (Å²) >= 11 is 8.31. The zero-order valence-corrected chi connectivity index (χ0v) is 13.5. The molecule has 0 bridgehead atoms. The Morgan fingerprint density at radius 2 is 1.89 bits per heavy atom. The van der Waals surface area contributed by atoms with Crippen molar-refractivity contribution in [3.05, 3.63) is 61.4 Å². The van der Waals surface area contributed by atoms with Crippen molar-refractivity contribution in [1.29, 1.82) is 0 Å². The van der Waals surface area contributed by atoms with Gasteiger partial charge in [0.25, 0.3) is 0 Å². The van der Waals surface area contributed by atoms with Gasteiger partial charge in [-0.1, -0.05) is 24.3 Å². The molecule has 0 amide bonds. The van der Waals surface area contributed by atoms with Crippen LogP contribution in [0.1, 0.15) is 15.9 Å². The quantitative estimate of drug-likeness (QED) is 0.567. The maximum Gasteiger partial charge on any atom is 0.197 e. The lowest BCUT2D eigenvalue weighted by Crippen LogP contribution is -2.02. The van der Waals surface area contributed by atoms with Gasteiger partial charge in [-0.05, 0) is 43.3 Å². The van der Waals surface area contributed by atoms with Gasteiger partial charge in [0.15, 0.2) is 5.78 Å².